The summed E-state index contributed by atoms with van der Waals surface area (Å²) in [5.41, 5.74) is 3.14. The molecule has 5 nitrogen and oxygen atoms in total. The van der Waals surface area contributed by atoms with Gasteiger partial charge in [-0.25, -0.2) is 4.98 Å². The van der Waals surface area contributed by atoms with Gasteiger partial charge < -0.3 is 4.74 Å². The smallest absolute Gasteiger partial charge is 0.282 e. The van der Waals surface area contributed by atoms with E-state index in [2.05, 4.69) is 82.1 Å². The Bertz CT molecular complexity index is 1680. The maximum Gasteiger partial charge on any atom is 0.282 e. The first-order valence-corrected chi connectivity index (χ1v) is 14.8. The van der Waals surface area contributed by atoms with E-state index in [0.29, 0.717) is 23.3 Å². The van der Waals surface area contributed by atoms with Crippen LogP contribution in [-0.2, 0) is 6.61 Å². The van der Waals surface area contributed by atoms with Crippen molar-refractivity contribution in [2.75, 3.05) is 0 Å². The number of ether oxygens (including phenoxy) is 1. The minimum atomic E-state index is -0.217. The van der Waals surface area contributed by atoms with E-state index in [1.807, 2.05) is 78.9 Å². The molecule has 0 unspecified atom stereocenters. The molecule has 0 atom stereocenters. The molecule has 4 aromatic carbocycles. The molecule has 5 aromatic rings. The fourth-order valence-corrected chi connectivity index (χ4v) is 7.00. The average Bonchev–Trinajstić information content (AvgIpc) is 2.89. The van der Waals surface area contributed by atoms with Crippen molar-refractivity contribution in [1.29, 1.82) is 0 Å². The standard InChI is InChI=1S/C28H17Br2I2N3O2/c29-20-11-10-19(22(30)14-20)16-37-26-23(31)12-17(13-24(26)32)15-33-35-27(18-6-2-1-3-7-18)34-25-9-5-4-8-21(25)28(35)36/h1-15H,16H2. The molecule has 0 radical (unpaired) electrons. The van der Waals surface area contributed by atoms with Crippen LogP contribution in [0.4, 0.5) is 0 Å². The maximum absolute atomic E-state index is 13.4. The minimum Gasteiger partial charge on any atom is -0.487 e. The van der Waals surface area contributed by atoms with Gasteiger partial charge in [0.25, 0.3) is 5.56 Å². The van der Waals surface area contributed by atoms with Gasteiger partial charge in [-0.2, -0.15) is 9.78 Å². The van der Waals surface area contributed by atoms with Crippen molar-refractivity contribution in [2.24, 2.45) is 5.10 Å². The number of halogens is 4. The fourth-order valence-electron chi connectivity index (χ4n) is 3.71. The third-order valence-corrected chi connectivity index (χ3v) is 8.35. The number of fused-ring (bicyclic) bond motifs is 1. The number of hydrogen-bond donors (Lipinski definition) is 0. The van der Waals surface area contributed by atoms with E-state index in [-0.39, 0.29) is 5.56 Å². The summed E-state index contributed by atoms with van der Waals surface area (Å²) in [6.45, 7) is 0.436. The van der Waals surface area contributed by atoms with Crippen LogP contribution in [-0.4, -0.2) is 15.9 Å². The Morgan fingerprint density at radius 2 is 1.62 bits per heavy atom. The Morgan fingerprint density at radius 1 is 0.919 bits per heavy atom. The molecule has 5 rings (SSSR count). The summed E-state index contributed by atoms with van der Waals surface area (Å²) in [7, 11) is 0. The van der Waals surface area contributed by atoms with E-state index < -0.39 is 0 Å². The molecule has 0 spiro atoms. The van der Waals surface area contributed by atoms with Gasteiger partial charge in [0.1, 0.15) is 12.4 Å². The van der Waals surface area contributed by atoms with Gasteiger partial charge in [-0.05, 0) is 87.1 Å². The molecule has 9 heteroatoms. The number of aromatic nitrogens is 2. The zero-order chi connectivity index (χ0) is 25.9. The fraction of sp³-hybridized carbons (Fsp3) is 0.0357. The van der Waals surface area contributed by atoms with Gasteiger partial charge in [0.15, 0.2) is 5.82 Å². The van der Waals surface area contributed by atoms with Gasteiger partial charge in [0, 0.05) is 20.1 Å². The zero-order valence-corrected chi connectivity index (χ0v) is 26.5. The Morgan fingerprint density at radius 3 is 2.35 bits per heavy atom. The monoisotopic (exact) mass is 839 g/mol. The second-order valence-electron chi connectivity index (χ2n) is 8.02. The molecule has 0 saturated heterocycles. The molecule has 0 saturated carbocycles. The molecule has 0 fully saturated rings. The molecule has 0 aliphatic rings. The Labute approximate surface area is 257 Å². The number of hydrogen-bond acceptors (Lipinski definition) is 4. The number of rotatable bonds is 6. The van der Waals surface area contributed by atoms with Crippen LogP contribution in [0.25, 0.3) is 22.3 Å². The van der Waals surface area contributed by atoms with Gasteiger partial charge in [-0.3, -0.25) is 4.79 Å². The summed E-state index contributed by atoms with van der Waals surface area (Å²) in [6.07, 6.45) is 1.68. The summed E-state index contributed by atoms with van der Waals surface area (Å²) in [5.74, 6) is 1.30. The molecule has 1 aromatic heterocycles. The molecule has 1 heterocycles. The van der Waals surface area contributed by atoms with Crippen molar-refractivity contribution in [3.8, 4) is 17.1 Å². The van der Waals surface area contributed by atoms with E-state index in [4.69, 9.17) is 9.72 Å². The first-order valence-electron chi connectivity index (χ1n) is 11.1. The Kier molecular flexibility index (Phi) is 8.42. The van der Waals surface area contributed by atoms with Gasteiger partial charge in [-0.15, -0.1) is 0 Å². The van der Waals surface area contributed by atoms with Crippen molar-refractivity contribution in [2.45, 2.75) is 6.61 Å². The minimum absolute atomic E-state index is 0.217. The van der Waals surface area contributed by atoms with Crippen LogP contribution < -0.4 is 10.3 Å². The Balaban J connectivity index is 1.48. The second-order valence-corrected chi connectivity index (χ2v) is 12.1. The number of benzene rings is 4. The van der Waals surface area contributed by atoms with Crippen molar-refractivity contribution in [3.63, 3.8) is 0 Å². The summed E-state index contributed by atoms with van der Waals surface area (Å²) in [6, 6.07) is 26.9. The summed E-state index contributed by atoms with van der Waals surface area (Å²) in [4.78, 5) is 18.1. The normalized spacial score (nSPS) is 11.4. The van der Waals surface area contributed by atoms with Crippen LogP contribution in [0.15, 0.2) is 104 Å². The Hall–Kier alpha value is -2.09. The molecule has 0 bridgehead atoms. The highest BCUT2D eigenvalue weighted by atomic mass is 127. The van der Waals surface area contributed by atoms with Crippen LogP contribution in [0.2, 0.25) is 0 Å². The van der Waals surface area contributed by atoms with Crippen LogP contribution in [0.1, 0.15) is 11.1 Å². The molecule has 0 N–H and O–H groups in total. The van der Waals surface area contributed by atoms with E-state index in [9.17, 15) is 4.79 Å². The van der Waals surface area contributed by atoms with Crippen molar-refractivity contribution in [3.05, 3.63) is 122 Å². The molecule has 0 aliphatic heterocycles. The summed E-state index contributed by atoms with van der Waals surface area (Å²) in [5, 5.41) is 5.11. The topological polar surface area (TPSA) is 56.5 Å². The molecule has 37 heavy (non-hydrogen) atoms. The predicted octanol–water partition coefficient (Wildman–Crippen LogP) is 8.26. The molecule has 0 amide bonds. The summed E-state index contributed by atoms with van der Waals surface area (Å²) >= 11 is 11.6. The van der Waals surface area contributed by atoms with Crippen molar-refractivity contribution in [1.82, 2.24) is 9.66 Å². The molecular formula is C28H17Br2I2N3O2. The first kappa shape index (κ1) is 26.5. The van der Waals surface area contributed by atoms with E-state index in [1.165, 1.54) is 4.68 Å². The van der Waals surface area contributed by atoms with E-state index >= 15 is 0 Å². The van der Waals surface area contributed by atoms with E-state index in [1.54, 1.807) is 12.3 Å². The van der Waals surface area contributed by atoms with Gasteiger partial charge in [-0.1, -0.05) is 80.4 Å². The van der Waals surface area contributed by atoms with Crippen molar-refractivity contribution >= 4 is 94.2 Å². The first-order chi connectivity index (χ1) is 17.9. The lowest BCUT2D eigenvalue weighted by Gasteiger charge is -2.13. The average molecular weight is 841 g/mol. The molecule has 0 aliphatic carbocycles. The lowest BCUT2D eigenvalue weighted by atomic mass is 10.2. The third kappa shape index (κ3) is 5.99. The van der Waals surface area contributed by atoms with Crippen LogP contribution in [0, 0.1) is 7.14 Å². The number of para-hydroxylation sites is 1. The van der Waals surface area contributed by atoms with Gasteiger partial charge >= 0.3 is 0 Å². The highest BCUT2D eigenvalue weighted by molar-refractivity contribution is 14.1. The van der Waals surface area contributed by atoms with Crippen molar-refractivity contribution < 1.29 is 4.74 Å². The largest absolute Gasteiger partial charge is 0.487 e. The van der Waals surface area contributed by atoms with E-state index in [0.717, 1.165) is 38.5 Å². The predicted molar refractivity (Wildman–Crippen MR) is 172 cm³/mol. The zero-order valence-electron chi connectivity index (χ0n) is 19.0. The van der Waals surface area contributed by atoms with Crippen LogP contribution in [0.5, 0.6) is 5.75 Å². The molecular weight excluding hydrogens is 824 g/mol. The quantitative estimate of drug-likeness (QED) is 0.128. The lowest BCUT2D eigenvalue weighted by Crippen LogP contribution is -2.20. The highest BCUT2D eigenvalue weighted by Crippen LogP contribution is 2.31. The maximum atomic E-state index is 13.4. The molecule has 184 valence electrons. The number of nitrogens with zero attached hydrogens (tertiary/aromatic N) is 3. The highest BCUT2D eigenvalue weighted by Gasteiger charge is 2.13. The van der Waals surface area contributed by atoms with Crippen LogP contribution in [0.3, 0.4) is 0 Å². The van der Waals surface area contributed by atoms with Gasteiger partial charge in [0.2, 0.25) is 0 Å². The lowest BCUT2D eigenvalue weighted by molar-refractivity contribution is 0.301. The summed E-state index contributed by atoms with van der Waals surface area (Å²) < 4.78 is 11.4. The van der Waals surface area contributed by atoms with Gasteiger partial charge in [0.05, 0.1) is 24.3 Å². The second kappa shape index (κ2) is 11.7. The van der Waals surface area contributed by atoms with Crippen LogP contribution >= 0.6 is 77.0 Å². The third-order valence-electron chi connectivity index (χ3n) is 5.52. The SMILES string of the molecule is O=c1c2ccccc2nc(-c2ccccc2)n1N=Cc1cc(I)c(OCc2ccc(Br)cc2Br)c(I)c1.